The van der Waals surface area contributed by atoms with Crippen LogP contribution in [0.15, 0.2) is 48.5 Å². The van der Waals surface area contributed by atoms with Crippen LogP contribution in [0.4, 0.5) is 0 Å². The van der Waals surface area contributed by atoms with Crippen molar-refractivity contribution >= 4 is 13.5 Å². The highest BCUT2D eigenvalue weighted by molar-refractivity contribution is 7.53. The Morgan fingerprint density at radius 3 is 2.00 bits per heavy atom. The van der Waals surface area contributed by atoms with Gasteiger partial charge in [0.05, 0.1) is 31.6 Å². The lowest BCUT2D eigenvalue weighted by Crippen LogP contribution is -2.45. The van der Waals surface area contributed by atoms with Gasteiger partial charge in [-0.3, -0.25) is 9.36 Å². The summed E-state index contributed by atoms with van der Waals surface area (Å²) in [5.74, 6) is 0.533. The highest BCUT2D eigenvalue weighted by atomic mass is 31.2. The Kier molecular flexibility index (Phi) is 13.5. The summed E-state index contributed by atoms with van der Waals surface area (Å²) in [6.07, 6.45) is 10.2. The smallest absolute Gasteiger partial charge is 0.330 e. The fourth-order valence-corrected chi connectivity index (χ4v) is 8.77. The molecule has 2 aliphatic carbocycles. The van der Waals surface area contributed by atoms with E-state index in [1.54, 1.807) is 14.2 Å². The number of hydrogen-bond donors (Lipinski definition) is 1. The first-order chi connectivity index (χ1) is 21.4. The second-order valence-electron chi connectivity index (χ2n) is 12.4. The largest absolute Gasteiger partial charge is 0.379 e. The molecule has 4 rings (SSSR count). The van der Waals surface area contributed by atoms with Gasteiger partial charge in [0.1, 0.15) is 5.41 Å². The van der Waals surface area contributed by atoms with Gasteiger partial charge in [0.2, 0.25) is 5.91 Å². The molecule has 3 unspecified atom stereocenters. The summed E-state index contributed by atoms with van der Waals surface area (Å²) in [6.45, 7) is 5.71. The minimum Gasteiger partial charge on any atom is -0.379 e. The number of carbonyl (C=O) groups is 1. The Morgan fingerprint density at radius 2 is 1.43 bits per heavy atom. The van der Waals surface area contributed by atoms with E-state index >= 15 is 0 Å². The number of fused-ring (bicyclic) bond motifs is 3. The molecule has 8 heteroatoms. The predicted octanol–water partition coefficient (Wildman–Crippen LogP) is 8.29. The van der Waals surface area contributed by atoms with Crippen LogP contribution in [-0.2, 0) is 33.3 Å². The van der Waals surface area contributed by atoms with E-state index in [0.717, 1.165) is 80.0 Å². The average molecular weight is 628 g/mol. The van der Waals surface area contributed by atoms with Gasteiger partial charge in [-0.1, -0.05) is 81.6 Å². The van der Waals surface area contributed by atoms with Gasteiger partial charge in [-0.25, -0.2) is 0 Å². The molecule has 3 atom stereocenters. The first kappa shape index (κ1) is 34.8. The molecule has 2 aromatic rings. The summed E-state index contributed by atoms with van der Waals surface area (Å²) < 4.78 is 36.6. The van der Waals surface area contributed by atoms with E-state index in [4.69, 9.17) is 18.5 Å². The van der Waals surface area contributed by atoms with Crippen LogP contribution in [0.2, 0.25) is 0 Å². The summed E-state index contributed by atoms with van der Waals surface area (Å²) in [5, 5.41) is 3.36. The molecule has 1 saturated carbocycles. The molecule has 0 spiro atoms. The zero-order valence-electron chi connectivity index (χ0n) is 27.4. The number of rotatable bonds is 19. The number of benzene rings is 2. The molecule has 1 amide bonds. The minimum atomic E-state index is -3.19. The van der Waals surface area contributed by atoms with Gasteiger partial charge in [0, 0.05) is 20.8 Å². The van der Waals surface area contributed by atoms with Gasteiger partial charge in [0.25, 0.3) is 0 Å². The third kappa shape index (κ3) is 8.22. The fraction of sp³-hybridized carbons (Fsp3) is 0.639. The third-order valence-corrected chi connectivity index (χ3v) is 11.6. The van der Waals surface area contributed by atoms with E-state index in [9.17, 15) is 9.36 Å². The number of carbonyl (C=O) groups excluding carboxylic acids is 1. The van der Waals surface area contributed by atoms with Gasteiger partial charge in [-0.15, -0.1) is 0 Å². The second-order valence-corrected chi connectivity index (χ2v) is 14.6. The maximum Gasteiger partial charge on any atom is 0.330 e. The van der Waals surface area contributed by atoms with Crippen LogP contribution in [0.25, 0.3) is 11.1 Å². The summed E-state index contributed by atoms with van der Waals surface area (Å²) in [4.78, 5) is 14.4. The predicted molar refractivity (Wildman–Crippen MR) is 177 cm³/mol. The zero-order chi connectivity index (χ0) is 31.4. The van der Waals surface area contributed by atoms with Crippen LogP contribution >= 0.6 is 7.60 Å². The molecule has 0 bridgehead atoms. The minimum absolute atomic E-state index is 0.0466. The Hall–Kier alpha value is -2.02. The molecule has 44 heavy (non-hydrogen) atoms. The van der Waals surface area contributed by atoms with Gasteiger partial charge >= 0.3 is 7.60 Å². The van der Waals surface area contributed by atoms with Crippen molar-refractivity contribution in [2.24, 2.45) is 5.92 Å². The molecule has 0 heterocycles. The monoisotopic (exact) mass is 627 g/mol. The highest BCUT2D eigenvalue weighted by Crippen LogP contribution is 2.53. The van der Waals surface area contributed by atoms with Crippen molar-refractivity contribution in [3.8, 4) is 11.1 Å². The van der Waals surface area contributed by atoms with E-state index in [-0.39, 0.29) is 18.1 Å². The van der Waals surface area contributed by atoms with Crippen LogP contribution in [-0.4, -0.2) is 58.3 Å². The van der Waals surface area contributed by atoms with Crippen molar-refractivity contribution in [2.75, 3.05) is 40.1 Å². The van der Waals surface area contributed by atoms with Crippen molar-refractivity contribution in [3.05, 3.63) is 59.7 Å². The molecule has 0 aliphatic heterocycles. The SMILES string of the molecule is CCCCOP(=O)(CCCCC1(C(=O)NCCC2CCC(OC)C(OC)C2)c2ccccc2-c2ccccc21)OCCCC. The molecular weight excluding hydrogens is 573 g/mol. The standard InChI is InChI=1S/C36H54NO6P/c1-5-7-24-42-44(39,43-25-8-6-2)26-14-13-22-36(31-17-11-9-15-29(31)30-16-10-12-18-32(30)36)35(38)37-23-21-28-19-20-33(40-3)34(27-28)41-4/h9-12,15-18,28,33-34H,5-8,13-14,19-27H2,1-4H3,(H,37,38). The Morgan fingerprint density at radius 1 is 0.841 bits per heavy atom. The number of amides is 1. The molecule has 0 aromatic heterocycles. The lowest BCUT2D eigenvalue weighted by molar-refractivity contribution is -0.125. The molecule has 1 fully saturated rings. The van der Waals surface area contributed by atoms with E-state index in [1.165, 1.54) is 0 Å². The molecule has 244 valence electrons. The average Bonchev–Trinajstić information content (AvgIpc) is 3.34. The van der Waals surface area contributed by atoms with Gasteiger partial charge in [0.15, 0.2) is 0 Å². The Bertz CT molecular complexity index is 1180. The summed E-state index contributed by atoms with van der Waals surface area (Å²) in [6, 6.07) is 16.6. The lowest BCUT2D eigenvalue weighted by atomic mass is 9.73. The second kappa shape index (κ2) is 17.1. The summed E-state index contributed by atoms with van der Waals surface area (Å²) in [7, 11) is 0.327. The van der Waals surface area contributed by atoms with Crippen LogP contribution < -0.4 is 5.32 Å². The zero-order valence-corrected chi connectivity index (χ0v) is 28.2. The van der Waals surface area contributed by atoms with E-state index in [0.29, 0.717) is 44.7 Å². The molecular formula is C36H54NO6P. The third-order valence-electron chi connectivity index (χ3n) is 9.54. The van der Waals surface area contributed by atoms with E-state index in [2.05, 4.69) is 43.4 Å². The van der Waals surface area contributed by atoms with Crippen LogP contribution in [0.3, 0.4) is 0 Å². The highest BCUT2D eigenvalue weighted by Gasteiger charge is 2.48. The van der Waals surface area contributed by atoms with Gasteiger partial charge in [-0.2, -0.15) is 0 Å². The number of unbranched alkanes of at least 4 members (excludes halogenated alkanes) is 3. The van der Waals surface area contributed by atoms with Crippen LogP contribution in [0.1, 0.15) is 95.6 Å². The van der Waals surface area contributed by atoms with Crippen molar-refractivity contribution in [3.63, 3.8) is 0 Å². The van der Waals surface area contributed by atoms with Gasteiger partial charge < -0.3 is 23.8 Å². The first-order valence-corrected chi connectivity index (χ1v) is 18.6. The topological polar surface area (TPSA) is 83.1 Å². The normalized spacial score (nSPS) is 20.7. The number of hydrogen-bond acceptors (Lipinski definition) is 6. The van der Waals surface area contributed by atoms with Crippen LogP contribution in [0.5, 0.6) is 0 Å². The molecule has 2 aliphatic rings. The molecule has 0 saturated heterocycles. The van der Waals surface area contributed by atoms with Crippen molar-refractivity contribution in [1.82, 2.24) is 5.32 Å². The van der Waals surface area contributed by atoms with Crippen molar-refractivity contribution < 1.29 is 27.9 Å². The molecule has 0 radical (unpaired) electrons. The van der Waals surface area contributed by atoms with E-state index < -0.39 is 13.0 Å². The van der Waals surface area contributed by atoms with Gasteiger partial charge in [-0.05, 0) is 79.5 Å². The molecule has 2 aromatic carbocycles. The quantitative estimate of drug-likeness (QED) is 0.125. The Balaban J connectivity index is 1.48. The maximum absolute atomic E-state index is 14.4. The van der Waals surface area contributed by atoms with E-state index in [1.807, 2.05) is 24.3 Å². The molecule has 1 N–H and O–H groups in total. The van der Waals surface area contributed by atoms with Crippen LogP contribution in [0, 0.1) is 5.92 Å². The number of ether oxygens (including phenoxy) is 2. The van der Waals surface area contributed by atoms with Crippen molar-refractivity contribution in [2.45, 2.75) is 102 Å². The molecule has 7 nitrogen and oxygen atoms in total. The lowest BCUT2D eigenvalue weighted by Gasteiger charge is -2.35. The first-order valence-electron chi connectivity index (χ1n) is 16.8. The Labute approximate surface area is 265 Å². The number of methoxy groups -OCH3 is 2. The number of nitrogens with one attached hydrogen (secondary N) is 1. The summed E-state index contributed by atoms with van der Waals surface area (Å²) >= 11 is 0. The van der Waals surface area contributed by atoms with Crippen molar-refractivity contribution in [1.29, 1.82) is 0 Å². The fourth-order valence-electron chi connectivity index (χ4n) is 7.02. The maximum atomic E-state index is 14.4. The summed E-state index contributed by atoms with van der Waals surface area (Å²) in [5.41, 5.74) is 3.55.